The van der Waals surface area contributed by atoms with Gasteiger partial charge in [-0.15, -0.1) is 0 Å². The zero-order chi connectivity index (χ0) is 18.6. The standard InChI is InChI=1S/C23H24N2O2/c1-22(2)13-17(26)14-23(15-22)25-20(18-10-6-7-11-21(18)27-23)12-19(24-25)16-8-4-3-5-9-16/h3-11,20H,12-15H2,1-2H3. The Hall–Kier alpha value is -2.62. The lowest BCUT2D eigenvalue weighted by molar-refractivity contribution is -0.171. The van der Waals surface area contributed by atoms with E-state index >= 15 is 0 Å². The van der Waals surface area contributed by atoms with Crippen molar-refractivity contribution in [2.45, 2.75) is 51.3 Å². The minimum Gasteiger partial charge on any atom is -0.466 e. The number of Topliss-reactive ketones (excluding diaryl/α,β-unsaturated/α-hetero) is 1. The van der Waals surface area contributed by atoms with E-state index in [1.54, 1.807) is 0 Å². The van der Waals surface area contributed by atoms with E-state index in [1.165, 1.54) is 0 Å². The summed E-state index contributed by atoms with van der Waals surface area (Å²) < 4.78 is 6.56. The highest BCUT2D eigenvalue weighted by Gasteiger charge is 2.56. The Morgan fingerprint density at radius 3 is 2.56 bits per heavy atom. The number of rotatable bonds is 1. The second-order valence-corrected chi connectivity index (χ2v) is 8.80. The molecule has 0 bridgehead atoms. The van der Waals surface area contributed by atoms with Gasteiger partial charge in [0.25, 0.3) is 0 Å². The van der Waals surface area contributed by atoms with Gasteiger partial charge < -0.3 is 4.74 Å². The first-order valence-electron chi connectivity index (χ1n) is 9.68. The number of nitrogens with zero attached hydrogens (tertiary/aromatic N) is 2. The third kappa shape index (κ3) is 2.66. The molecule has 2 atom stereocenters. The molecule has 5 rings (SSSR count). The van der Waals surface area contributed by atoms with Crippen LogP contribution < -0.4 is 4.74 Å². The van der Waals surface area contributed by atoms with Crippen molar-refractivity contribution in [3.05, 3.63) is 65.7 Å². The minimum absolute atomic E-state index is 0.100. The van der Waals surface area contributed by atoms with Gasteiger partial charge in [0.15, 0.2) is 0 Å². The average molecular weight is 360 g/mol. The zero-order valence-corrected chi connectivity index (χ0v) is 15.8. The second-order valence-electron chi connectivity index (χ2n) is 8.80. The van der Waals surface area contributed by atoms with Gasteiger partial charge in [0, 0.05) is 24.8 Å². The molecule has 0 amide bonds. The third-order valence-corrected chi connectivity index (χ3v) is 5.92. The lowest BCUT2D eigenvalue weighted by atomic mass is 9.71. The Morgan fingerprint density at radius 2 is 1.78 bits per heavy atom. The predicted molar refractivity (Wildman–Crippen MR) is 105 cm³/mol. The van der Waals surface area contributed by atoms with Crippen LogP contribution in [0.5, 0.6) is 5.75 Å². The SMILES string of the molecule is CC1(C)CC(=O)CC2(C1)Oc1ccccc1C1CC(c3ccccc3)=NN12. The number of ketones is 1. The van der Waals surface area contributed by atoms with Crippen molar-refractivity contribution < 1.29 is 9.53 Å². The van der Waals surface area contributed by atoms with Crippen molar-refractivity contribution in [2.24, 2.45) is 10.5 Å². The van der Waals surface area contributed by atoms with E-state index in [4.69, 9.17) is 9.84 Å². The maximum Gasteiger partial charge on any atom is 0.205 e. The van der Waals surface area contributed by atoms with E-state index in [-0.39, 0.29) is 17.2 Å². The van der Waals surface area contributed by atoms with Gasteiger partial charge in [0.05, 0.1) is 18.2 Å². The molecule has 27 heavy (non-hydrogen) atoms. The first kappa shape index (κ1) is 16.5. The van der Waals surface area contributed by atoms with Crippen LogP contribution in [0.1, 0.15) is 56.7 Å². The van der Waals surface area contributed by atoms with Crippen molar-refractivity contribution in [3.63, 3.8) is 0 Å². The molecule has 1 saturated carbocycles. The summed E-state index contributed by atoms with van der Waals surface area (Å²) in [7, 11) is 0. The van der Waals surface area contributed by atoms with E-state index in [9.17, 15) is 4.79 Å². The second kappa shape index (κ2) is 5.69. The van der Waals surface area contributed by atoms with E-state index in [2.05, 4.69) is 43.1 Å². The summed E-state index contributed by atoms with van der Waals surface area (Å²) in [6.45, 7) is 4.31. The number of carbonyl (C=O) groups is 1. The fourth-order valence-corrected chi connectivity index (χ4v) is 5.04. The molecule has 1 fully saturated rings. The van der Waals surface area contributed by atoms with E-state index < -0.39 is 5.72 Å². The molecular formula is C23H24N2O2. The van der Waals surface area contributed by atoms with Gasteiger partial charge in [-0.25, -0.2) is 5.01 Å². The smallest absolute Gasteiger partial charge is 0.205 e. The van der Waals surface area contributed by atoms with Gasteiger partial charge in [-0.1, -0.05) is 62.4 Å². The van der Waals surface area contributed by atoms with Crippen molar-refractivity contribution >= 4 is 11.5 Å². The molecule has 0 N–H and O–H groups in total. The summed E-state index contributed by atoms with van der Waals surface area (Å²) in [4.78, 5) is 12.6. The molecule has 2 aromatic rings. The first-order valence-corrected chi connectivity index (χ1v) is 9.68. The fraction of sp³-hybridized carbons (Fsp3) is 0.391. The predicted octanol–water partition coefficient (Wildman–Crippen LogP) is 4.71. The summed E-state index contributed by atoms with van der Waals surface area (Å²) in [5.74, 6) is 1.15. The van der Waals surface area contributed by atoms with Crippen LogP contribution in [0.4, 0.5) is 0 Å². The summed E-state index contributed by atoms with van der Waals surface area (Å²) in [6.07, 6.45) is 2.63. The molecule has 2 heterocycles. The van der Waals surface area contributed by atoms with Crippen molar-refractivity contribution in [1.82, 2.24) is 5.01 Å². The van der Waals surface area contributed by atoms with Gasteiger partial charge >= 0.3 is 0 Å². The number of hydrogen-bond acceptors (Lipinski definition) is 4. The lowest BCUT2D eigenvalue weighted by Crippen LogP contribution is -2.59. The highest BCUT2D eigenvalue weighted by molar-refractivity contribution is 6.02. The third-order valence-electron chi connectivity index (χ3n) is 5.92. The maximum atomic E-state index is 12.6. The topological polar surface area (TPSA) is 41.9 Å². The molecule has 2 unspecified atom stereocenters. The van der Waals surface area contributed by atoms with Gasteiger partial charge in [-0.3, -0.25) is 4.79 Å². The molecule has 1 aliphatic carbocycles. The number of fused-ring (bicyclic) bond motifs is 4. The molecule has 2 aromatic carbocycles. The van der Waals surface area contributed by atoms with Crippen molar-refractivity contribution in [1.29, 1.82) is 0 Å². The van der Waals surface area contributed by atoms with Crippen molar-refractivity contribution in [2.75, 3.05) is 0 Å². The highest BCUT2D eigenvalue weighted by Crippen LogP contribution is 2.53. The molecule has 0 saturated heterocycles. The van der Waals surface area contributed by atoms with E-state index in [0.717, 1.165) is 35.4 Å². The molecule has 0 radical (unpaired) electrons. The number of benzene rings is 2. The number of carbonyl (C=O) groups excluding carboxylic acids is 1. The van der Waals surface area contributed by atoms with Gasteiger partial charge in [-0.2, -0.15) is 5.10 Å². The molecule has 1 spiro atoms. The van der Waals surface area contributed by atoms with Crippen LogP contribution in [0.2, 0.25) is 0 Å². The zero-order valence-electron chi connectivity index (χ0n) is 15.8. The molecule has 2 aliphatic heterocycles. The first-order chi connectivity index (χ1) is 13.0. The summed E-state index contributed by atoms with van der Waals surface area (Å²) in [5, 5.41) is 7.14. The Morgan fingerprint density at radius 1 is 1.04 bits per heavy atom. The minimum atomic E-state index is -0.686. The van der Waals surface area contributed by atoms with Crippen LogP contribution in [-0.4, -0.2) is 22.2 Å². The molecule has 138 valence electrons. The number of hydrazone groups is 1. The van der Waals surface area contributed by atoms with E-state index in [0.29, 0.717) is 12.8 Å². The highest BCUT2D eigenvalue weighted by atomic mass is 16.5. The lowest BCUT2D eigenvalue weighted by Gasteiger charge is -2.52. The Labute approximate surface area is 159 Å². The summed E-state index contributed by atoms with van der Waals surface area (Å²) in [5.41, 5.74) is 2.58. The van der Waals surface area contributed by atoms with Crippen LogP contribution in [0.3, 0.4) is 0 Å². The normalized spacial score (nSPS) is 28.4. The van der Waals surface area contributed by atoms with Crippen LogP contribution in [0.15, 0.2) is 59.7 Å². The Kier molecular flexibility index (Phi) is 3.48. The maximum absolute atomic E-state index is 12.6. The van der Waals surface area contributed by atoms with Crippen LogP contribution >= 0.6 is 0 Å². The van der Waals surface area contributed by atoms with Crippen LogP contribution in [0, 0.1) is 5.41 Å². The number of ether oxygens (including phenoxy) is 1. The van der Waals surface area contributed by atoms with E-state index in [1.807, 2.05) is 30.3 Å². The van der Waals surface area contributed by atoms with Crippen LogP contribution in [0.25, 0.3) is 0 Å². The molecule has 4 heteroatoms. The van der Waals surface area contributed by atoms with Gasteiger partial charge in [0.2, 0.25) is 5.72 Å². The Bertz CT molecular complexity index is 934. The van der Waals surface area contributed by atoms with Crippen molar-refractivity contribution in [3.8, 4) is 5.75 Å². The molecular weight excluding hydrogens is 336 g/mol. The van der Waals surface area contributed by atoms with Crippen LogP contribution in [-0.2, 0) is 4.79 Å². The molecule has 0 aromatic heterocycles. The quantitative estimate of drug-likeness (QED) is 0.740. The number of para-hydroxylation sites is 1. The molecule has 4 nitrogen and oxygen atoms in total. The van der Waals surface area contributed by atoms with Gasteiger partial charge in [0.1, 0.15) is 11.5 Å². The number of hydrogen-bond donors (Lipinski definition) is 0. The summed E-state index contributed by atoms with van der Waals surface area (Å²) >= 11 is 0. The van der Waals surface area contributed by atoms with Gasteiger partial charge in [-0.05, 0) is 17.0 Å². The monoisotopic (exact) mass is 360 g/mol. The summed E-state index contributed by atoms with van der Waals surface area (Å²) in [6, 6.07) is 18.6. The molecule has 3 aliphatic rings. The Balaban J connectivity index is 1.64. The fourth-order valence-electron chi connectivity index (χ4n) is 5.04. The average Bonchev–Trinajstić information content (AvgIpc) is 3.07. The largest absolute Gasteiger partial charge is 0.466 e.